The number of thioether (sulfide) groups is 2. The van der Waals surface area contributed by atoms with Crippen LogP contribution in [-0.2, 0) is 5.75 Å². The van der Waals surface area contributed by atoms with E-state index in [-0.39, 0.29) is 0 Å². The number of hydrogen-bond donors (Lipinski definition) is 0. The van der Waals surface area contributed by atoms with Crippen molar-refractivity contribution in [1.82, 2.24) is 0 Å². The maximum Gasteiger partial charge on any atom is 0.206 e. The molecule has 21 heavy (non-hydrogen) atoms. The quantitative estimate of drug-likeness (QED) is 0.695. The summed E-state index contributed by atoms with van der Waals surface area (Å²) in [7, 11) is 0. The van der Waals surface area contributed by atoms with Crippen LogP contribution < -0.4 is 0 Å². The molecule has 0 saturated carbocycles. The van der Waals surface area contributed by atoms with E-state index in [1.165, 1.54) is 9.77 Å². The van der Waals surface area contributed by atoms with Gasteiger partial charge in [-0.15, -0.1) is 28.2 Å². The first-order chi connectivity index (χ1) is 10.2. The highest BCUT2D eigenvalue weighted by atomic mass is 32.2. The molecule has 1 unspecified atom stereocenters. The predicted molar refractivity (Wildman–Crippen MR) is 93.5 cm³/mol. The highest BCUT2D eigenvalue weighted by molar-refractivity contribution is 8.13. The number of hydrogen-bond acceptors (Lipinski definition) is 6. The second-order valence-electron chi connectivity index (χ2n) is 4.81. The van der Waals surface area contributed by atoms with Gasteiger partial charge < -0.3 is 0 Å². The molecular formula is C15H15N3S3. The van der Waals surface area contributed by atoms with E-state index in [0.717, 1.165) is 16.7 Å². The monoisotopic (exact) mass is 333 g/mol. The summed E-state index contributed by atoms with van der Waals surface area (Å²) in [5.74, 6) is 1.71. The molecule has 1 aromatic heterocycles. The zero-order valence-corrected chi connectivity index (χ0v) is 14.0. The molecule has 3 rings (SSSR count). The standard InChI is InChI=1S/C15H15N3S3/c1-15(11-21-13-8-5-9-19-13)16-14(17-18-15)20-10-12-6-3-2-4-7-12/h2-9H,10-11H2,1H3. The van der Waals surface area contributed by atoms with Crippen LogP contribution in [0.15, 0.2) is 67.3 Å². The van der Waals surface area contributed by atoms with Gasteiger partial charge in [-0.3, -0.25) is 0 Å². The van der Waals surface area contributed by atoms with Crippen LogP contribution in [0.1, 0.15) is 12.5 Å². The summed E-state index contributed by atoms with van der Waals surface area (Å²) >= 11 is 5.18. The predicted octanol–water partition coefficient (Wildman–Crippen LogP) is 5.31. The van der Waals surface area contributed by atoms with Crippen molar-refractivity contribution in [2.75, 3.05) is 5.75 Å². The molecule has 1 aromatic carbocycles. The van der Waals surface area contributed by atoms with Gasteiger partial charge in [0.05, 0.1) is 4.21 Å². The van der Waals surface area contributed by atoms with Crippen LogP contribution in [0, 0.1) is 0 Å². The van der Waals surface area contributed by atoms with Crippen LogP contribution in [0.2, 0.25) is 0 Å². The summed E-state index contributed by atoms with van der Waals surface area (Å²) in [5.41, 5.74) is 0.857. The molecule has 3 nitrogen and oxygen atoms in total. The third-order valence-corrected chi connectivity index (χ3v) is 6.21. The van der Waals surface area contributed by atoms with E-state index in [9.17, 15) is 0 Å². The van der Waals surface area contributed by atoms with Gasteiger partial charge in [-0.05, 0) is 23.9 Å². The van der Waals surface area contributed by atoms with Gasteiger partial charge in [-0.25, -0.2) is 4.99 Å². The lowest BCUT2D eigenvalue weighted by atomic mass is 10.2. The minimum atomic E-state index is -0.423. The lowest BCUT2D eigenvalue weighted by molar-refractivity contribution is 0.561. The van der Waals surface area contributed by atoms with Gasteiger partial charge in [-0.1, -0.05) is 48.2 Å². The Kier molecular flexibility index (Phi) is 4.77. The Labute approximate surface area is 137 Å². The van der Waals surface area contributed by atoms with Crippen molar-refractivity contribution in [3.8, 4) is 0 Å². The van der Waals surface area contributed by atoms with E-state index in [2.05, 4.69) is 57.0 Å². The Morgan fingerprint density at radius 1 is 1.10 bits per heavy atom. The second kappa shape index (κ2) is 6.77. The van der Waals surface area contributed by atoms with Gasteiger partial charge in [-0.2, -0.15) is 5.11 Å². The molecule has 1 aliphatic heterocycles. The van der Waals surface area contributed by atoms with Crippen molar-refractivity contribution in [3.63, 3.8) is 0 Å². The van der Waals surface area contributed by atoms with E-state index < -0.39 is 5.66 Å². The van der Waals surface area contributed by atoms with Crippen LogP contribution in [0.5, 0.6) is 0 Å². The first kappa shape index (κ1) is 14.8. The maximum absolute atomic E-state index is 4.66. The Hall–Kier alpha value is -1.11. The number of rotatable bonds is 5. The van der Waals surface area contributed by atoms with Crippen molar-refractivity contribution >= 4 is 40.0 Å². The Balaban J connectivity index is 1.55. The van der Waals surface area contributed by atoms with Gasteiger partial charge in [0.15, 0.2) is 5.66 Å². The van der Waals surface area contributed by atoms with E-state index in [0.29, 0.717) is 0 Å². The number of benzene rings is 1. The van der Waals surface area contributed by atoms with E-state index in [1.807, 2.05) is 13.0 Å². The molecule has 108 valence electrons. The van der Waals surface area contributed by atoms with Crippen LogP contribution in [0.3, 0.4) is 0 Å². The zero-order valence-electron chi connectivity index (χ0n) is 11.6. The molecule has 1 atom stereocenters. The molecule has 0 N–H and O–H groups in total. The number of azo groups is 1. The van der Waals surface area contributed by atoms with Crippen molar-refractivity contribution in [3.05, 3.63) is 53.4 Å². The average molecular weight is 334 g/mol. The number of amidine groups is 1. The molecule has 0 fully saturated rings. The summed E-state index contributed by atoms with van der Waals surface area (Å²) in [6, 6.07) is 14.6. The van der Waals surface area contributed by atoms with E-state index in [1.54, 1.807) is 34.9 Å². The molecule has 0 spiro atoms. The molecule has 1 aliphatic rings. The first-order valence-electron chi connectivity index (χ1n) is 6.59. The van der Waals surface area contributed by atoms with Crippen LogP contribution in [-0.4, -0.2) is 16.6 Å². The summed E-state index contributed by atoms with van der Waals surface area (Å²) in [6.07, 6.45) is 0. The summed E-state index contributed by atoms with van der Waals surface area (Å²) in [6.45, 7) is 2.03. The second-order valence-corrected chi connectivity index (χ2v) is 7.97. The van der Waals surface area contributed by atoms with Crippen molar-refractivity contribution < 1.29 is 0 Å². The largest absolute Gasteiger partial charge is 0.226 e. The molecule has 0 radical (unpaired) electrons. The minimum Gasteiger partial charge on any atom is -0.226 e. The highest BCUT2D eigenvalue weighted by Gasteiger charge is 2.28. The number of nitrogens with zero attached hydrogens (tertiary/aromatic N) is 3. The molecule has 2 heterocycles. The molecule has 2 aromatic rings. The lowest BCUT2D eigenvalue weighted by Gasteiger charge is -2.13. The summed E-state index contributed by atoms with van der Waals surface area (Å²) < 4.78 is 1.30. The summed E-state index contributed by atoms with van der Waals surface area (Å²) in [4.78, 5) is 4.66. The van der Waals surface area contributed by atoms with E-state index >= 15 is 0 Å². The fraction of sp³-hybridized carbons (Fsp3) is 0.267. The molecule has 6 heteroatoms. The molecule has 0 amide bonds. The Morgan fingerprint density at radius 2 is 1.95 bits per heavy atom. The van der Waals surface area contributed by atoms with Gasteiger partial charge in [0.2, 0.25) is 5.17 Å². The van der Waals surface area contributed by atoms with Crippen molar-refractivity contribution in [2.24, 2.45) is 15.2 Å². The molecule has 0 saturated heterocycles. The molecule has 0 bridgehead atoms. The highest BCUT2D eigenvalue weighted by Crippen LogP contribution is 2.33. The fourth-order valence-corrected chi connectivity index (χ4v) is 4.42. The average Bonchev–Trinajstić information content (AvgIpc) is 3.14. The van der Waals surface area contributed by atoms with Crippen molar-refractivity contribution in [2.45, 2.75) is 22.5 Å². The fourth-order valence-electron chi connectivity index (χ4n) is 1.80. The van der Waals surface area contributed by atoms with Gasteiger partial charge in [0, 0.05) is 11.5 Å². The van der Waals surface area contributed by atoms with Crippen LogP contribution in [0.25, 0.3) is 0 Å². The van der Waals surface area contributed by atoms with Gasteiger partial charge in [0.1, 0.15) is 0 Å². The number of thiophene rings is 1. The van der Waals surface area contributed by atoms with Crippen LogP contribution >= 0.6 is 34.9 Å². The van der Waals surface area contributed by atoms with Crippen molar-refractivity contribution in [1.29, 1.82) is 0 Å². The molecular weight excluding hydrogens is 318 g/mol. The summed E-state index contributed by atoms with van der Waals surface area (Å²) in [5, 5.41) is 11.5. The number of aliphatic imine (C=N–C) groups is 1. The third kappa shape index (κ3) is 4.18. The SMILES string of the molecule is CC1(CSc2cccs2)N=NC(SCc2ccccc2)=N1. The maximum atomic E-state index is 4.66. The normalized spacial score (nSPS) is 20.7. The van der Waals surface area contributed by atoms with Gasteiger partial charge in [0.25, 0.3) is 0 Å². The third-order valence-electron chi connectivity index (χ3n) is 2.88. The van der Waals surface area contributed by atoms with Crippen LogP contribution in [0.4, 0.5) is 0 Å². The topological polar surface area (TPSA) is 37.1 Å². The van der Waals surface area contributed by atoms with Gasteiger partial charge >= 0.3 is 0 Å². The zero-order chi connectivity index (χ0) is 14.5. The minimum absolute atomic E-state index is 0.423. The first-order valence-corrected chi connectivity index (χ1v) is 9.44. The Morgan fingerprint density at radius 3 is 2.71 bits per heavy atom. The lowest BCUT2D eigenvalue weighted by Crippen LogP contribution is -2.19. The molecule has 0 aliphatic carbocycles. The smallest absolute Gasteiger partial charge is 0.206 e. The van der Waals surface area contributed by atoms with E-state index in [4.69, 9.17) is 0 Å². The Bertz CT molecular complexity index is 637.